The summed E-state index contributed by atoms with van der Waals surface area (Å²) in [5.41, 5.74) is 4.31. The smallest absolute Gasteiger partial charge is 0.494 e. The topological polar surface area (TPSA) is 26.3 Å². The van der Waals surface area contributed by atoms with Gasteiger partial charge in [-0.1, -0.05) is 38.1 Å². The summed E-state index contributed by atoms with van der Waals surface area (Å²) in [6.45, 7) is 11.2. The van der Waals surface area contributed by atoms with E-state index in [4.69, 9.17) is 4.74 Å². The Morgan fingerprint density at radius 3 is 2.24 bits per heavy atom. The first-order valence-electron chi connectivity index (χ1n) is 8.49. The molecule has 0 fully saturated rings. The first-order chi connectivity index (χ1) is 11.4. The second kappa shape index (κ2) is 10.2. The van der Waals surface area contributed by atoms with Crippen LogP contribution in [0.1, 0.15) is 47.3 Å². The molecule has 0 aliphatic rings. The van der Waals surface area contributed by atoms with Crippen molar-refractivity contribution in [3.63, 3.8) is 0 Å². The number of ether oxygens (including phenoxy) is 1. The molecule has 0 aliphatic heterocycles. The van der Waals surface area contributed by atoms with E-state index in [-0.39, 0.29) is 33.0 Å². The van der Waals surface area contributed by atoms with Crippen molar-refractivity contribution in [1.82, 2.24) is 0 Å². The van der Waals surface area contributed by atoms with Crippen molar-refractivity contribution in [3.05, 3.63) is 58.7 Å². The van der Waals surface area contributed by atoms with Gasteiger partial charge in [0.25, 0.3) is 0 Å². The minimum Gasteiger partial charge on any atom is -0.494 e. The van der Waals surface area contributed by atoms with Crippen molar-refractivity contribution in [3.8, 4) is 5.75 Å². The van der Waals surface area contributed by atoms with Gasteiger partial charge in [-0.25, -0.2) is 0 Å². The van der Waals surface area contributed by atoms with Crippen molar-refractivity contribution in [1.29, 1.82) is 0 Å². The molecule has 1 unspecified atom stereocenters. The molecular weight excluding hydrogens is 322 g/mol. The van der Waals surface area contributed by atoms with Crippen LogP contribution >= 0.6 is 8.58 Å². The molecule has 0 amide bonds. The molecule has 0 spiro atoms. The normalized spacial score (nSPS) is 11.0. The van der Waals surface area contributed by atoms with Crippen molar-refractivity contribution >= 4 is 19.4 Å². The minimum absolute atomic E-state index is 0. The van der Waals surface area contributed by atoms with E-state index in [1.165, 1.54) is 0 Å². The van der Waals surface area contributed by atoms with Crippen LogP contribution in [-0.4, -0.2) is 12.1 Å². The van der Waals surface area contributed by atoms with Gasteiger partial charge in [-0.2, -0.15) is 0 Å². The van der Waals surface area contributed by atoms with E-state index in [9.17, 15) is 4.79 Å². The van der Waals surface area contributed by atoms with Gasteiger partial charge in [0.15, 0.2) is 5.52 Å². The van der Waals surface area contributed by atoms with Gasteiger partial charge in [0.05, 0.1) is 6.61 Å². The Bertz CT molecular complexity index is 706. The van der Waals surface area contributed by atoms with Crippen LogP contribution in [0, 0.1) is 26.7 Å². The van der Waals surface area contributed by atoms with Gasteiger partial charge in [-0.05, 0) is 75.8 Å². The third-order valence-electron chi connectivity index (χ3n) is 4.12. The summed E-state index contributed by atoms with van der Waals surface area (Å²) >= 11 is 0. The number of aryl methyl sites for hydroxylation is 3. The van der Waals surface area contributed by atoms with E-state index in [2.05, 4.69) is 20.8 Å². The standard InChI is InChI=1S/C21H27O2P.Li/c1-14(2)11-12-23-18-9-10-19(17(5)13-18)24-21(22)20-15(3)7-6-8-16(20)4;/h6-10,13-14,24H,11-12H2,1-5H3;/q;+1. The van der Waals surface area contributed by atoms with E-state index in [1.54, 1.807) is 0 Å². The third kappa shape index (κ3) is 6.30. The summed E-state index contributed by atoms with van der Waals surface area (Å²) in [5.74, 6) is 1.53. The fourth-order valence-corrected chi connectivity index (χ4v) is 3.84. The molecule has 0 aliphatic carbocycles. The average molecular weight is 349 g/mol. The first kappa shape index (κ1) is 22.0. The maximum atomic E-state index is 12.7. The van der Waals surface area contributed by atoms with Gasteiger partial charge in [-0.15, -0.1) is 0 Å². The molecular formula is C21H27LiO2P+. The second-order valence-corrected chi connectivity index (χ2v) is 7.97. The Morgan fingerprint density at radius 2 is 1.68 bits per heavy atom. The number of hydrogen-bond donors (Lipinski definition) is 0. The molecule has 0 aromatic heterocycles. The first-order valence-corrected chi connectivity index (χ1v) is 9.49. The molecule has 0 saturated carbocycles. The second-order valence-electron chi connectivity index (χ2n) is 6.73. The van der Waals surface area contributed by atoms with Crippen LogP contribution in [-0.2, 0) is 0 Å². The molecule has 2 aromatic carbocycles. The number of rotatable bonds is 7. The molecule has 25 heavy (non-hydrogen) atoms. The summed E-state index contributed by atoms with van der Waals surface area (Å²) < 4.78 is 5.80. The van der Waals surface area contributed by atoms with E-state index in [1.807, 2.05) is 50.2 Å². The Labute approximate surface area is 165 Å². The number of hydrogen-bond acceptors (Lipinski definition) is 2. The summed E-state index contributed by atoms with van der Waals surface area (Å²) in [7, 11) is 0.148. The molecule has 0 heterocycles. The summed E-state index contributed by atoms with van der Waals surface area (Å²) in [6.07, 6.45) is 1.05. The van der Waals surface area contributed by atoms with Crippen molar-refractivity contribution in [2.75, 3.05) is 6.61 Å². The third-order valence-corrected chi connectivity index (χ3v) is 5.43. The van der Waals surface area contributed by atoms with Gasteiger partial charge >= 0.3 is 18.9 Å². The molecule has 0 saturated heterocycles. The molecule has 2 aromatic rings. The fourth-order valence-electron chi connectivity index (χ4n) is 2.64. The molecule has 2 rings (SSSR count). The minimum atomic E-state index is 0. The van der Waals surface area contributed by atoms with Crippen LogP contribution in [0.25, 0.3) is 0 Å². The van der Waals surface area contributed by atoms with Gasteiger partial charge in [-0.3, -0.25) is 4.79 Å². The monoisotopic (exact) mass is 349 g/mol. The SMILES string of the molecule is Cc1cc(OCCC(C)C)ccc1PC(=O)c1c(C)cccc1C.[Li+]. The van der Waals surface area contributed by atoms with Crippen molar-refractivity contribution in [2.45, 2.75) is 41.0 Å². The Balaban J connectivity index is 0.00000312. The summed E-state index contributed by atoms with van der Waals surface area (Å²) in [4.78, 5) is 12.7. The molecule has 0 N–H and O–H groups in total. The maximum absolute atomic E-state index is 12.7. The van der Waals surface area contributed by atoms with E-state index < -0.39 is 0 Å². The summed E-state index contributed by atoms with van der Waals surface area (Å²) in [5, 5.41) is 1.10. The zero-order valence-electron chi connectivity index (χ0n) is 16.3. The molecule has 0 bridgehead atoms. The quantitative estimate of drug-likeness (QED) is 0.566. The molecule has 1 atom stereocenters. The zero-order chi connectivity index (χ0) is 17.7. The van der Waals surface area contributed by atoms with E-state index >= 15 is 0 Å². The van der Waals surface area contributed by atoms with Gasteiger partial charge in [0, 0.05) is 5.56 Å². The maximum Gasteiger partial charge on any atom is 1.00 e. The molecule has 4 heteroatoms. The number of carbonyl (C=O) groups excluding carboxylic acids is 1. The largest absolute Gasteiger partial charge is 1.00 e. The van der Waals surface area contributed by atoms with Crippen molar-refractivity contribution < 1.29 is 28.4 Å². The van der Waals surface area contributed by atoms with Gasteiger partial charge in [0.1, 0.15) is 5.75 Å². The average Bonchev–Trinajstić information content (AvgIpc) is 2.49. The fraction of sp³-hybridized carbons (Fsp3) is 0.381. The predicted octanol–water partition coefficient (Wildman–Crippen LogP) is 2.18. The molecule has 0 radical (unpaired) electrons. The number of carbonyl (C=O) groups is 1. The van der Waals surface area contributed by atoms with Gasteiger partial charge in [0.2, 0.25) is 0 Å². The van der Waals surface area contributed by atoms with E-state index in [0.29, 0.717) is 5.92 Å². The van der Waals surface area contributed by atoms with Gasteiger partial charge < -0.3 is 4.74 Å². The van der Waals surface area contributed by atoms with Crippen LogP contribution in [0.4, 0.5) is 0 Å². The van der Waals surface area contributed by atoms with E-state index in [0.717, 1.165) is 46.3 Å². The predicted molar refractivity (Wildman–Crippen MR) is 104 cm³/mol. The van der Waals surface area contributed by atoms with Crippen LogP contribution < -0.4 is 28.9 Å². The van der Waals surface area contributed by atoms with Crippen LogP contribution in [0.2, 0.25) is 0 Å². The van der Waals surface area contributed by atoms with Crippen LogP contribution in [0.15, 0.2) is 36.4 Å². The Kier molecular flexibility index (Phi) is 8.95. The van der Waals surface area contributed by atoms with Crippen LogP contribution in [0.3, 0.4) is 0 Å². The van der Waals surface area contributed by atoms with Crippen LogP contribution in [0.5, 0.6) is 5.75 Å². The van der Waals surface area contributed by atoms with Crippen molar-refractivity contribution in [2.24, 2.45) is 5.92 Å². The summed E-state index contributed by atoms with van der Waals surface area (Å²) in [6, 6.07) is 12.1. The zero-order valence-corrected chi connectivity index (χ0v) is 17.3. The molecule has 2 nitrogen and oxygen atoms in total. The Morgan fingerprint density at radius 1 is 1.04 bits per heavy atom. The molecule has 128 valence electrons. The number of benzene rings is 2. The Hall–Kier alpha value is -1.06.